The highest BCUT2D eigenvalue weighted by Gasteiger charge is 2.24. The molecule has 1 fully saturated rings. The average molecular weight is 583 g/mol. The highest BCUT2D eigenvalue weighted by Crippen LogP contribution is 2.35. The molecule has 10 nitrogen and oxygen atoms in total. The normalized spacial score (nSPS) is 13.4. The van der Waals surface area contributed by atoms with Crippen molar-refractivity contribution in [3.63, 3.8) is 0 Å². The minimum absolute atomic E-state index is 0.0405. The van der Waals surface area contributed by atoms with E-state index in [0.717, 1.165) is 37.2 Å². The van der Waals surface area contributed by atoms with E-state index in [2.05, 4.69) is 15.3 Å². The molecule has 0 unspecified atom stereocenters. The van der Waals surface area contributed by atoms with Gasteiger partial charge < -0.3 is 25.8 Å². The van der Waals surface area contributed by atoms with Crippen molar-refractivity contribution in [2.45, 2.75) is 26.7 Å². The number of fused-ring (bicyclic) bond motifs is 1. The molecule has 0 spiro atoms. The van der Waals surface area contributed by atoms with Crippen molar-refractivity contribution in [3.05, 3.63) is 70.9 Å². The van der Waals surface area contributed by atoms with Crippen LogP contribution in [0.3, 0.4) is 0 Å². The van der Waals surface area contributed by atoms with Gasteiger partial charge >= 0.3 is 0 Å². The van der Waals surface area contributed by atoms with E-state index < -0.39 is 5.82 Å². The van der Waals surface area contributed by atoms with Crippen LogP contribution < -0.4 is 15.8 Å². The van der Waals surface area contributed by atoms with Crippen LogP contribution >= 0.6 is 11.6 Å². The van der Waals surface area contributed by atoms with E-state index in [4.69, 9.17) is 32.0 Å². The van der Waals surface area contributed by atoms with Crippen LogP contribution in [0.25, 0.3) is 16.9 Å². The second-order valence-corrected chi connectivity index (χ2v) is 9.89. The number of hydrogen-bond acceptors (Lipinski definition) is 7. The zero-order valence-electron chi connectivity index (χ0n) is 22.8. The molecule has 0 radical (unpaired) electrons. The fraction of sp³-hybridized carbons (Fsp3) is 0.310. The SMILES string of the molecule is CCOc1ccc(-c2cnc3c(Nc4ccc(C(=O)N5CCC(CN)CC5)c(C)c4)nccn23)c(F)c1Cl.O=CO. The van der Waals surface area contributed by atoms with E-state index in [1.165, 1.54) is 0 Å². The number of nitrogens with one attached hydrogen (secondary N) is 1. The Morgan fingerprint density at radius 3 is 2.66 bits per heavy atom. The Balaban J connectivity index is 0.00000124. The molecule has 2 aromatic carbocycles. The van der Waals surface area contributed by atoms with Crippen molar-refractivity contribution in [1.29, 1.82) is 0 Å². The Labute approximate surface area is 241 Å². The second kappa shape index (κ2) is 13.4. The van der Waals surface area contributed by atoms with Gasteiger partial charge in [0, 0.05) is 42.3 Å². The topological polar surface area (TPSA) is 135 Å². The van der Waals surface area contributed by atoms with Gasteiger partial charge in [-0.1, -0.05) is 11.6 Å². The maximum Gasteiger partial charge on any atom is 0.290 e. The molecule has 1 saturated heterocycles. The first-order valence-corrected chi connectivity index (χ1v) is 13.6. The van der Waals surface area contributed by atoms with E-state index in [1.807, 2.05) is 36.9 Å². The van der Waals surface area contributed by atoms with Crippen LogP contribution in [0.1, 0.15) is 35.7 Å². The van der Waals surface area contributed by atoms with Crippen LogP contribution in [0.2, 0.25) is 5.02 Å². The van der Waals surface area contributed by atoms with Gasteiger partial charge in [-0.3, -0.25) is 14.0 Å². The van der Waals surface area contributed by atoms with Gasteiger partial charge in [0.15, 0.2) is 17.3 Å². The molecule has 1 amide bonds. The third kappa shape index (κ3) is 6.41. The maximum absolute atomic E-state index is 15.1. The van der Waals surface area contributed by atoms with Gasteiger partial charge in [0.25, 0.3) is 12.4 Å². The molecule has 1 aliphatic rings. The first kappa shape index (κ1) is 29.8. The molecule has 4 N–H and O–H groups in total. The number of rotatable bonds is 7. The number of amides is 1. The zero-order chi connectivity index (χ0) is 29.5. The number of carbonyl (C=O) groups is 2. The Bertz CT molecular complexity index is 1540. The predicted octanol–water partition coefficient (Wildman–Crippen LogP) is 5.15. The number of likely N-dealkylation sites (tertiary alicyclic amines) is 1. The van der Waals surface area contributed by atoms with Gasteiger partial charge in [-0.05, 0) is 75.0 Å². The molecular formula is C29H32ClFN6O4. The zero-order valence-corrected chi connectivity index (χ0v) is 23.6. The van der Waals surface area contributed by atoms with Crippen LogP contribution in [0, 0.1) is 18.7 Å². The number of carboxylic acid groups (broad SMARTS) is 1. The average Bonchev–Trinajstić information content (AvgIpc) is 3.41. The number of nitrogens with zero attached hydrogens (tertiary/aromatic N) is 4. The molecule has 4 aromatic rings. The Morgan fingerprint density at radius 1 is 1.27 bits per heavy atom. The van der Waals surface area contributed by atoms with E-state index >= 15 is 4.39 Å². The summed E-state index contributed by atoms with van der Waals surface area (Å²) in [6.45, 7) is 6.00. The van der Waals surface area contributed by atoms with Gasteiger partial charge in [0.05, 0.1) is 18.5 Å². The molecule has 0 aliphatic carbocycles. The van der Waals surface area contributed by atoms with Gasteiger partial charge in [-0.25, -0.2) is 14.4 Å². The summed E-state index contributed by atoms with van der Waals surface area (Å²) in [5.41, 5.74) is 9.45. The fourth-order valence-corrected chi connectivity index (χ4v) is 5.08. The standard InChI is InChI=1S/C28H30ClFN6O2.CH2O2/c1-3-38-23-7-6-21(25(30)24(23)29)22-16-33-27-26(32-10-13-36(22)27)34-19-4-5-20(17(2)14-19)28(37)35-11-8-18(15-31)9-12-35;2-1-3/h4-7,10,13-14,16,18H,3,8-9,11-12,15,31H2,1-2H3,(H,32,34);1H,(H,2,3). The first-order chi connectivity index (χ1) is 19.8. The number of anilines is 2. The lowest BCUT2D eigenvalue weighted by Gasteiger charge is -2.31. The van der Waals surface area contributed by atoms with Crippen molar-refractivity contribution in [2.75, 3.05) is 31.6 Å². The first-order valence-electron chi connectivity index (χ1n) is 13.2. The number of nitrogens with two attached hydrogens (primary N) is 1. The highest BCUT2D eigenvalue weighted by molar-refractivity contribution is 6.32. The number of carbonyl (C=O) groups excluding carboxylic acids is 1. The Morgan fingerprint density at radius 2 is 2.00 bits per heavy atom. The molecule has 0 bridgehead atoms. The number of ether oxygens (including phenoxy) is 1. The summed E-state index contributed by atoms with van der Waals surface area (Å²) in [5, 5.41) is 10.1. The summed E-state index contributed by atoms with van der Waals surface area (Å²) >= 11 is 6.21. The van der Waals surface area contributed by atoms with Crippen molar-refractivity contribution in [1.82, 2.24) is 19.3 Å². The van der Waals surface area contributed by atoms with Crippen LogP contribution in [-0.4, -0.2) is 63.0 Å². The second-order valence-electron chi connectivity index (χ2n) is 9.52. The van der Waals surface area contributed by atoms with Crippen molar-refractivity contribution in [2.24, 2.45) is 11.7 Å². The summed E-state index contributed by atoms with van der Waals surface area (Å²) in [5.74, 6) is 0.754. The summed E-state index contributed by atoms with van der Waals surface area (Å²) < 4.78 is 22.3. The molecular weight excluding hydrogens is 551 g/mol. The lowest BCUT2D eigenvalue weighted by atomic mass is 9.96. The number of hydrogen-bond donors (Lipinski definition) is 3. The third-order valence-corrected chi connectivity index (χ3v) is 7.36. The van der Waals surface area contributed by atoms with Crippen LogP contribution in [-0.2, 0) is 4.79 Å². The number of piperidine rings is 1. The summed E-state index contributed by atoms with van der Waals surface area (Å²) in [7, 11) is 0. The molecule has 3 heterocycles. The predicted molar refractivity (Wildman–Crippen MR) is 155 cm³/mol. The van der Waals surface area contributed by atoms with Crippen molar-refractivity contribution < 1.29 is 23.8 Å². The fourth-order valence-electron chi connectivity index (χ4n) is 4.86. The highest BCUT2D eigenvalue weighted by atomic mass is 35.5. The molecule has 5 rings (SSSR count). The molecule has 2 aromatic heterocycles. The van der Waals surface area contributed by atoms with E-state index in [1.54, 1.807) is 35.1 Å². The van der Waals surface area contributed by atoms with Gasteiger partial charge in [-0.2, -0.15) is 0 Å². The smallest absolute Gasteiger partial charge is 0.290 e. The minimum Gasteiger partial charge on any atom is -0.492 e. The molecule has 0 saturated carbocycles. The molecule has 0 atom stereocenters. The Hall–Kier alpha value is -4.22. The van der Waals surface area contributed by atoms with Gasteiger partial charge in [0.1, 0.15) is 10.8 Å². The van der Waals surface area contributed by atoms with Crippen molar-refractivity contribution >= 4 is 41.1 Å². The molecule has 1 aliphatic heterocycles. The monoisotopic (exact) mass is 582 g/mol. The van der Waals surface area contributed by atoms with Gasteiger partial charge in [-0.15, -0.1) is 0 Å². The number of imidazole rings is 1. The third-order valence-electron chi connectivity index (χ3n) is 7.01. The molecule has 216 valence electrons. The Kier molecular flexibility index (Phi) is 9.74. The summed E-state index contributed by atoms with van der Waals surface area (Å²) in [4.78, 5) is 32.3. The maximum atomic E-state index is 15.1. The van der Waals surface area contributed by atoms with E-state index in [-0.39, 0.29) is 17.4 Å². The molecule has 41 heavy (non-hydrogen) atoms. The van der Waals surface area contributed by atoms with Crippen LogP contribution in [0.15, 0.2) is 48.9 Å². The quantitative estimate of drug-likeness (QED) is 0.255. The largest absolute Gasteiger partial charge is 0.492 e. The van der Waals surface area contributed by atoms with Crippen LogP contribution in [0.5, 0.6) is 5.75 Å². The number of aromatic nitrogens is 3. The number of halogens is 2. The summed E-state index contributed by atoms with van der Waals surface area (Å²) in [6.07, 6.45) is 6.79. The van der Waals surface area contributed by atoms with E-state index in [9.17, 15) is 4.79 Å². The lowest BCUT2D eigenvalue weighted by Crippen LogP contribution is -2.40. The van der Waals surface area contributed by atoms with Crippen LogP contribution in [0.4, 0.5) is 15.9 Å². The number of aryl methyl sites for hydroxylation is 1. The number of benzene rings is 2. The van der Waals surface area contributed by atoms with E-state index in [0.29, 0.717) is 53.1 Å². The van der Waals surface area contributed by atoms with Gasteiger partial charge in [0.2, 0.25) is 0 Å². The lowest BCUT2D eigenvalue weighted by molar-refractivity contribution is -0.122. The minimum atomic E-state index is -0.575. The van der Waals surface area contributed by atoms with Crippen molar-refractivity contribution in [3.8, 4) is 17.0 Å². The summed E-state index contributed by atoms with van der Waals surface area (Å²) in [6, 6.07) is 8.88. The molecule has 12 heteroatoms.